The van der Waals surface area contributed by atoms with Gasteiger partial charge in [-0.05, 0) is 109 Å². The molecule has 0 atom stereocenters. The number of benzene rings is 9. The van der Waals surface area contributed by atoms with Crippen molar-refractivity contribution in [1.82, 2.24) is 0 Å². The van der Waals surface area contributed by atoms with Crippen molar-refractivity contribution in [2.75, 3.05) is 4.90 Å². The lowest BCUT2D eigenvalue weighted by Crippen LogP contribution is -2.09. The number of anilines is 3. The Hall–Kier alpha value is -6.64. The van der Waals surface area contributed by atoms with E-state index in [1.807, 2.05) is 0 Å². The van der Waals surface area contributed by atoms with Gasteiger partial charge in [-0.15, -0.1) is 0 Å². The molecule has 0 N–H and O–H groups in total. The molecular formula is C48H31NO. The van der Waals surface area contributed by atoms with E-state index in [0.29, 0.717) is 0 Å². The van der Waals surface area contributed by atoms with Gasteiger partial charge in [0.25, 0.3) is 0 Å². The maximum Gasteiger partial charge on any atom is 0.136 e. The first-order valence-corrected chi connectivity index (χ1v) is 17.1. The van der Waals surface area contributed by atoms with Crippen LogP contribution in [0.3, 0.4) is 0 Å². The van der Waals surface area contributed by atoms with Crippen LogP contribution in [0, 0.1) is 0 Å². The van der Waals surface area contributed by atoms with Gasteiger partial charge < -0.3 is 9.32 Å². The zero-order chi connectivity index (χ0) is 33.0. The van der Waals surface area contributed by atoms with Gasteiger partial charge in [-0.3, -0.25) is 0 Å². The molecule has 10 rings (SSSR count). The highest BCUT2D eigenvalue weighted by molar-refractivity contribution is 6.19. The highest BCUT2D eigenvalue weighted by atomic mass is 16.3. The van der Waals surface area contributed by atoms with Gasteiger partial charge in [-0.1, -0.05) is 133 Å². The topological polar surface area (TPSA) is 16.4 Å². The van der Waals surface area contributed by atoms with Crippen LogP contribution in [0.5, 0.6) is 0 Å². The van der Waals surface area contributed by atoms with E-state index in [1.165, 1.54) is 54.6 Å². The fraction of sp³-hybridized carbons (Fsp3) is 0. The molecule has 0 unspecified atom stereocenters. The van der Waals surface area contributed by atoms with E-state index in [-0.39, 0.29) is 0 Å². The molecule has 1 aromatic heterocycles. The van der Waals surface area contributed by atoms with Crippen LogP contribution in [0.15, 0.2) is 192 Å². The molecule has 234 valence electrons. The first-order valence-electron chi connectivity index (χ1n) is 17.1. The molecule has 2 heteroatoms. The second-order valence-corrected chi connectivity index (χ2v) is 12.9. The summed E-state index contributed by atoms with van der Waals surface area (Å²) in [6.45, 7) is 0. The summed E-state index contributed by atoms with van der Waals surface area (Å²) in [5.74, 6) is 0. The van der Waals surface area contributed by atoms with Gasteiger partial charge in [-0.2, -0.15) is 0 Å². The monoisotopic (exact) mass is 637 g/mol. The van der Waals surface area contributed by atoms with Crippen LogP contribution in [0.2, 0.25) is 0 Å². The van der Waals surface area contributed by atoms with Crippen molar-refractivity contribution in [2.24, 2.45) is 0 Å². The van der Waals surface area contributed by atoms with Crippen LogP contribution in [0.4, 0.5) is 17.1 Å². The zero-order valence-corrected chi connectivity index (χ0v) is 27.3. The average molecular weight is 638 g/mol. The molecule has 0 fully saturated rings. The van der Waals surface area contributed by atoms with Crippen molar-refractivity contribution >= 4 is 71.3 Å². The molecule has 0 spiro atoms. The summed E-state index contributed by atoms with van der Waals surface area (Å²) in [6.07, 6.45) is 0. The Kier molecular flexibility index (Phi) is 6.53. The molecule has 9 aromatic carbocycles. The van der Waals surface area contributed by atoms with Gasteiger partial charge in [-0.25, -0.2) is 0 Å². The molecule has 0 bridgehead atoms. The first kappa shape index (κ1) is 28.4. The van der Waals surface area contributed by atoms with E-state index in [4.69, 9.17) is 4.42 Å². The van der Waals surface area contributed by atoms with Gasteiger partial charge >= 0.3 is 0 Å². The van der Waals surface area contributed by atoms with Gasteiger partial charge in [0.05, 0.1) is 0 Å². The van der Waals surface area contributed by atoms with Crippen molar-refractivity contribution in [1.29, 1.82) is 0 Å². The summed E-state index contributed by atoms with van der Waals surface area (Å²) in [6, 6.07) is 67.5. The largest absolute Gasteiger partial charge is 0.456 e. The number of fused-ring (bicyclic) bond motifs is 8. The number of rotatable bonds is 5. The normalized spacial score (nSPS) is 11.6. The average Bonchev–Trinajstić information content (AvgIpc) is 3.57. The van der Waals surface area contributed by atoms with E-state index in [1.54, 1.807) is 0 Å². The molecule has 0 amide bonds. The molecule has 50 heavy (non-hydrogen) atoms. The molecule has 10 aromatic rings. The Labute approximate surface area is 290 Å². The summed E-state index contributed by atoms with van der Waals surface area (Å²) in [7, 11) is 0. The van der Waals surface area contributed by atoms with Crippen LogP contribution < -0.4 is 4.90 Å². The fourth-order valence-electron chi connectivity index (χ4n) is 7.64. The van der Waals surface area contributed by atoms with Crippen molar-refractivity contribution in [3.05, 3.63) is 188 Å². The third-order valence-corrected chi connectivity index (χ3v) is 10.0. The van der Waals surface area contributed by atoms with Crippen molar-refractivity contribution in [3.8, 4) is 22.3 Å². The summed E-state index contributed by atoms with van der Waals surface area (Å²) >= 11 is 0. The van der Waals surface area contributed by atoms with E-state index < -0.39 is 0 Å². The molecular weight excluding hydrogens is 607 g/mol. The molecule has 0 aliphatic heterocycles. The third-order valence-electron chi connectivity index (χ3n) is 10.0. The first-order chi connectivity index (χ1) is 24.8. The SMILES string of the molecule is c1ccc(-c2ccc(N(c3ccc(-c4cc5ccccc5c5ccccc45)cc3)c3ccc4oc5ccc6ccccc6c5c4c3)cc2)cc1. The molecule has 0 aliphatic rings. The lowest BCUT2D eigenvalue weighted by molar-refractivity contribution is 0.669. The Morgan fingerprint density at radius 1 is 0.320 bits per heavy atom. The van der Waals surface area contributed by atoms with Crippen LogP contribution >= 0.6 is 0 Å². The molecule has 0 saturated carbocycles. The summed E-state index contributed by atoms with van der Waals surface area (Å²) in [5, 5.41) is 9.74. The quantitative estimate of drug-likeness (QED) is 0.175. The number of nitrogens with zero attached hydrogens (tertiary/aromatic N) is 1. The predicted molar refractivity (Wildman–Crippen MR) is 212 cm³/mol. The second kappa shape index (κ2) is 11.5. The van der Waals surface area contributed by atoms with E-state index in [0.717, 1.165) is 39.0 Å². The maximum absolute atomic E-state index is 6.38. The smallest absolute Gasteiger partial charge is 0.136 e. The Morgan fingerprint density at radius 3 is 1.64 bits per heavy atom. The van der Waals surface area contributed by atoms with Crippen LogP contribution in [-0.4, -0.2) is 0 Å². The highest BCUT2D eigenvalue weighted by Gasteiger charge is 2.18. The lowest BCUT2D eigenvalue weighted by Gasteiger charge is -2.26. The van der Waals surface area contributed by atoms with Crippen molar-refractivity contribution < 1.29 is 4.42 Å². The fourth-order valence-corrected chi connectivity index (χ4v) is 7.64. The predicted octanol–water partition coefficient (Wildman–Crippen LogP) is 13.8. The minimum Gasteiger partial charge on any atom is -0.456 e. The Balaban J connectivity index is 1.14. The standard InChI is InChI=1S/C48H31NO/c1-2-10-32(11-3-1)33-18-23-37(24-19-33)49(39-27-29-46-45(31-39)48-41-15-7-4-12-34(41)22-28-47(48)50-46)38-25-20-35(21-26-38)44-30-36-13-5-6-14-40(36)42-16-8-9-17-43(42)44/h1-31H. The van der Waals surface area contributed by atoms with Crippen LogP contribution in [-0.2, 0) is 0 Å². The van der Waals surface area contributed by atoms with Crippen LogP contribution in [0.25, 0.3) is 76.5 Å². The number of hydrogen-bond acceptors (Lipinski definition) is 2. The zero-order valence-electron chi connectivity index (χ0n) is 27.3. The molecule has 0 radical (unpaired) electrons. The maximum atomic E-state index is 6.38. The number of hydrogen-bond donors (Lipinski definition) is 0. The highest BCUT2D eigenvalue weighted by Crippen LogP contribution is 2.42. The molecule has 0 saturated heterocycles. The summed E-state index contributed by atoms with van der Waals surface area (Å²) < 4.78 is 6.38. The van der Waals surface area contributed by atoms with Gasteiger partial charge in [0, 0.05) is 27.8 Å². The lowest BCUT2D eigenvalue weighted by atomic mass is 9.93. The molecule has 2 nitrogen and oxygen atoms in total. The van der Waals surface area contributed by atoms with Crippen molar-refractivity contribution in [2.45, 2.75) is 0 Å². The third kappa shape index (κ3) is 4.65. The minimum atomic E-state index is 0.887. The Bertz CT molecular complexity index is 2850. The van der Waals surface area contributed by atoms with Crippen molar-refractivity contribution in [3.63, 3.8) is 0 Å². The van der Waals surface area contributed by atoms with Gasteiger partial charge in [0.2, 0.25) is 0 Å². The van der Waals surface area contributed by atoms with E-state index >= 15 is 0 Å². The van der Waals surface area contributed by atoms with E-state index in [2.05, 4.69) is 193 Å². The summed E-state index contributed by atoms with van der Waals surface area (Å²) in [5.41, 5.74) is 9.87. The van der Waals surface area contributed by atoms with Crippen LogP contribution in [0.1, 0.15) is 0 Å². The number of furan rings is 1. The van der Waals surface area contributed by atoms with Gasteiger partial charge in [0.1, 0.15) is 11.2 Å². The van der Waals surface area contributed by atoms with Gasteiger partial charge in [0.15, 0.2) is 0 Å². The summed E-state index contributed by atoms with van der Waals surface area (Å²) in [4.78, 5) is 2.35. The second-order valence-electron chi connectivity index (χ2n) is 12.9. The minimum absolute atomic E-state index is 0.887. The molecule has 1 heterocycles. The molecule has 0 aliphatic carbocycles. The Morgan fingerprint density at radius 2 is 0.880 bits per heavy atom. The van der Waals surface area contributed by atoms with E-state index in [9.17, 15) is 0 Å².